The molecular formula is C28H25F3N4O7S. The average Bonchev–Trinajstić information content (AvgIpc) is 2.98. The lowest BCUT2D eigenvalue weighted by Crippen LogP contribution is -2.49. The van der Waals surface area contributed by atoms with Crippen LogP contribution in [-0.2, 0) is 21.0 Å². The van der Waals surface area contributed by atoms with E-state index in [1.54, 1.807) is 11.8 Å². The van der Waals surface area contributed by atoms with E-state index in [4.69, 9.17) is 4.74 Å². The van der Waals surface area contributed by atoms with Crippen molar-refractivity contribution in [1.29, 1.82) is 0 Å². The van der Waals surface area contributed by atoms with Gasteiger partial charge in [0.1, 0.15) is 5.75 Å². The fourth-order valence-corrected chi connectivity index (χ4v) is 6.62. The first kappa shape index (κ1) is 30.0. The Kier molecular flexibility index (Phi) is 7.88. The van der Waals surface area contributed by atoms with Crippen LogP contribution in [0, 0.1) is 17.0 Å². The van der Waals surface area contributed by atoms with Gasteiger partial charge in [-0.05, 0) is 61.0 Å². The van der Waals surface area contributed by atoms with Crippen molar-refractivity contribution in [3.05, 3.63) is 87.5 Å². The number of ketones is 1. The van der Waals surface area contributed by atoms with Gasteiger partial charge in [0, 0.05) is 49.6 Å². The van der Waals surface area contributed by atoms with Gasteiger partial charge in [0.2, 0.25) is 10.0 Å². The number of aryl methyl sites for hydroxylation is 1. The van der Waals surface area contributed by atoms with Crippen LogP contribution in [-0.4, -0.2) is 68.7 Å². The molecule has 0 radical (unpaired) electrons. The van der Waals surface area contributed by atoms with Gasteiger partial charge in [0.15, 0.2) is 12.4 Å². The Morgan fingerprint density at radius 2 is 1.63 bits per heavy atom. The first-order chi connectivity index (χ1) is 20.3. The standard InChI is InChI=1S/C28H25F3N4O7S/c1-18-14-25-23(34(27(37)17-42-25)16-24(36)19-2-6-22(7-3-19)35(38)39)15-26(18)43(40,41)33-12-10-32(11-13-33)21-8-4-20(5-9-21)28(29,30)31/h2-9,14-15H,10-13,16-17H2,1H3. The van der Waals surface area contributed by atoms with Crippen molar-refractivity contribution >= 4 is 38.8 Å². The lowest BCUT2D eigenvalue weighted by Gasteiger charge is -2.36. The highest BCUT2D eigenvalue weighted by atomic mass is 32.2. The van der Waals surface area contributed by atoms with Crippen molar-refractivity contribution < 1.29 is 40.8 Å². The number of nitro benzene ring substituents is 1. The Balaban J connectivity index is 1.35. The Labute approximate surface area is 244 Å². The summed E-state index contributed by atoms with van der Waals surface area (Å²) in [7, 11) is -4.08. The van der Waals surface area contributed by atoms with Crippen LogP contribution in [0.25, 0.3) is 0 Å². The van der Waals surface area contributed by atoms with Gasteiger partial charge in [-0.3, -0.25) is 24.6 Å². The number of halogens is 3. The first-order valence-electron chi connectivity index (χ1n) is 13.0. The molecule has 1 fully saturated rings. The molecule has 43 heavy (non-hydrogen) atoms. The monoisotopic (exact) mass is 618 g/mol. The first-order valence-corrected chi connectivity index (χ1v) is 14.5. The normalized spacial score (nSPS) is 16.0. The molecule has 0 bridgehead atoms. The number of fused-ring (bicyclic) bond motifs is 1. The van der Waals surface area contributed by atoms with Crippen LogP contribution in [0.1, 0.15) is 21.5 Å². The highest BCUT2D eigenvalue weighted by Gasteiger charge is 2.35. The molecule has 3 aromatic carbocycles. The SMILES string of the molecule is Cc1cc2c(cc1S(=O)(=O)N1CCN(c3ccc(C(F)(F)F)cc3)CC1)N(CC(=O)c1ccc([N+](=O)[O-])cc1)C(=O)CO2. The molecule has 15 heteroatoms. The maximum atomic E-state index is 13.7. The maximum absolute atomic E-state index is 13.7. The van der Waals surface area contributed by atoms with Gasteiger partial charge in [0.25, 0.3) is 11.6 Å². The molecule has 0 N–H and O–H groups in total. The fourth-order valence-electron chi connectivity index (χ4n) is 4.97. The summed E-state index contributed by atoms with van der Waals surface area (Å²) in [6, 6.07) is 12.4. The summed E-state index contributed by atoms with van der Waals surface area (Å²) in [4.78, 5) is 38.9. The fraction of sp³-hybridized carbons (Fsp3) is 0.286. The lowest BCUT2D eigenvalue weighted by molar-refractivity contribution is -0.384. The number of carbonyl (C=O) groups is 2. The summed E-state index contributed by atoms with van der Waals surface area (Å²) in [5.41, 5.74) is 0.163. The smallest absolute Gasteiger partial charge is 0.416 e. The molecule has 0 unspecified atom stereocenters. The zero-order chi connectivity index (χ0) is 31.1. The van der Waals surface area contributed by atoms with E-state index < -0.39 is 44.9 Å². The summed E-state index contributed by atoms with van der Waals surface area (Å²) in [5.74, 6) is -0.861. The lowest BCUT2D eigenvalue weighted by atomic mass is 10.1. The third-order valence-corrected chi connectivity index (χ3v) is 9.36. The topological polar surface area (TPSA) is 130 Å². The molecule has 2 aliphatic rings. The van der Waals surface area contributed by atoms with Crippen molar-refractivity contribution in [3.63, 3.8) is 0 Å². The molecule has 0 atom stereocenters. The van der Waals surface area contributed by atoms with Gasteiger partial charge in [-0.25, -0.2) is 8.42 Å². The van der Waals surface area contributed by atoms with Crippen molar-refractivity contribution in [2.24, 2.45) is 0 Å². The predicted octanol–water partition coefficient (Wildman–Crippen LogP) is 4.04. The Morgan fingerprint density at radius 3 is 2.21 bits per heavy atom. The zero-order valence-corrected chi connectivity index (χ0v) is 23.5. The number of benzene rings is 3. The number of carbonyl (C=O) groups excluding carboxylic acids is 2. The van der Waals surface area contributed by atoms with Crippen LogP contribution in [0.2, 0.25) is 0 Å². The average molecular weight is 619 g/mol. The zero-order valence-electron chi connectivity index (χ0n) is 22.7. The van der Waals surface area contributed by atoms with Gasteiger partial charge >= 0.3 is 6.18 Å². The Hall–Kier alpha value is -4.50. The number of sulfonamides is 1. The second-order valence-corrected chi connectivity index (χ2v) is 11.9. The predicted molar refractivity (Wildman–Crippen MR) is 149 cm³/mol. The van der Waals surface area contributed by atoms with E-state index in [0.717, 1.165) is 17.0 Å². The number of piperazine rings is 1. The number of hydrogen-bond acceptors (Lipinski definition) is 8. The van der Waals surface area contributed by atoms with E-state index >= 15 is 0 Å². The van der Waals surface area contributed by atoms with Gasteiger partial charge in [-0.15, -0.1) is 0 Å². The number of rotatable bonds is 7. The van der Waals surface area contributed by atoms with E-state index in [1.807, 2.05) is 0 Å². The third kappa shape index (κ3) is 6.03. The summed E-state index contributed by atoms with van der Waals surface area (Å²) in [6.45, 7) is 1.39. The molecule has 226 valence electrons. The largest absolute Gasteiger partial charge is 0.482 e. The number of nitrogens with zero attached hydrogens (tertiary/aromatic N) is 4. The highest BCUT2D eigenvalue weighted by Crippen LogP contribution is 2.38. The van der Waals surface area contributed by atoms with Crippen LogP contribution in [0.5, 0.6) is 5.75 Å². The van der Waals surface area contributed by atoms with Crippen LogP contribution in [0.3, 0.4) is 0 Å². The second kappa shape index (κ2) is 11.3. The number of alkyl halides is 3. The van der Waals surface area contributed by atoms with E-state index in [9.17, 15) is 41.3 Å². The summed E-state index contributed by atoms with van der Waals surface area (Å²) < 4.78 is 73.0. The molecule has 1 amide bonds. The maximum Gasteiger partial charge on any atom is 0.416 e. The molecule has 1 saturated heterocycles. The number of Topliss-reactive ketones (excluding diaryl/α,β-unsaturated/α-hetero) is 1. The molecular weight excluding hydrogens is 593 g/mol. The Bertz CT molecular complexity index is 1690. The van der Waals surface area contributed by atoms with Crippen molar-refractivity contribution in [2.75, 3.05) is 49.1 Å². The van der Waals surface area contributed by atoms with Crippen molar-refractivity contribution in [2.45, 2.75) is 18.0 Å². The van der Waals surface area contributed by atoms with E-state index in [-0.39, 0.29) is 60.4 Å². The van der Waals surface area contributed by atoms with Crippen molar-refractivity contribution in [3.8, 4) is 5.75 Å². The summed E-state index contributed by atoms with van der Waals surface area (Å²) in [6.07, 6.45) is -4.46. The number of amides is 1. The minimum Gasteiger partial charge on any atom is -0.482 e. The van der Waals surface area contributed by atoms with E-state index in [0.29, 0.717) is 11.3 Å². The van der Waals surface area contributed by atoms with Gasteiger partial charge < -0.3 is 9.64 Å². The van der Waals surface area contributed by atoms with Crippen LogP contribution >= 0.6 is 0 Å². The number of hydrogen-bond donors (Lipinski definition) is 0. The molecule has 11 nitrogen and oxygen atoms in total. The van der Waals surface area contributed by atoms with Crippen LogP contribution < -0.4 is 14.5 Å². The Morgan fingerprint density at radius 1 is 1.00 bits per heavy atom. The molecule has 2 aliphatic heterocycles. The molecule has 3 aromatic rings. The molecule has 5 rings (SSSR count). The summed E-state index contributed by atoms with van der Waals surface area (Å²) >= 11 is 0. The highest BCUT2D eigenvalue weighted by molar-refractivity contribution is 7.89. The number of non-ortho nitro benzene ring substituents is 1. The van der Waals surface area contributed by atoms with E-state index in [1.165, 1.54) is 52.8 Å². The van der Waals surface area contributed by atoms with Gasteiger partial charge in [-0.1, -0.05) is 0 Å². The van der Waals surface area contributed by atoms with Crippen LogP contribution in [0.15, 0.2) is 65.6 Å². The van der Waals surface area contributed by atoms with Gasteiger partial charge in [0.05, 0.1) is 27.6 Å². The molecule has 0 aliphatic carbocycles. The summed E-state index contributed by atoms with van der Waals surface area (Å²) in [5, 5.41) is 10.9. The third-order valence-electron chi connectivity index (χ3n) is 7.32. The van der Waals surface area contributed by atoms with E-state index in [2.05, 4.69) is 0 Å². The minimum absolute atomic E-state index is 0.0671. The van der Waals surface area contributed by atoms with Crippen molar-refractivity contribution in [1.82, 2.24) is 4.31 Å². The second-order valence-electron chi connectivity index (χ2n) is 10.0. The molecule has 0 spiro atoms. The van der Waals surface area contributed by atoms with Crippen LogP contribution in [0.4, 0.5) is 30.2 Å². The number of anilines is 2. The van der Waals surface area contributed by atoms with Gasteiger partial charge in [-0.2, -0.15) is 17.5 Å². The molecule has 2 heterocycles. The minimum atomic E-state index is -4.46. The number of nitro groups is 1. The molecule has 0 saturated carbocycles. The number of ether oxygens (including phenoxy) is 1. The molecule has 0 aromatic heterocycles. The quantitative estimate of drug-likeness (QED) is 0.220.